The van der Waals surface area contributed by atoms with Crippen molar-refractivity contribution >= 4 is 0 Å². The lowest BCUT2D eigenvalue weighted by molar-refractivity contribution is 0.0703. The highest BCUT2D eigenvalue weighted by Crippen LogP contribution is 2.11. The molecule has 0 radical (unpaired) electrons. The van der Waals surface area contributed by atoms with Gasteiger partial charge in [-0.1, -0.05) is 25.0 Å². The number of hydrogen-bond donors (Lipinski definition) is 1. The van der Waals surface area contributed by atoms with Gasteiger partial charge in [0.1, 0.15) is 0 Å². The molecule has 0 spiro atoms. The quantitative estimate of drug-likeness (QED) is 0.486. The zero-order valence-electron chi connectivity index (χ0n) is 7.18. The summed E-state index contributed by atoms with van der Waals surface area (Å²) in [5, 5.41) is 0. The Bertz CT molecular complexity index is 123. The standard InChI is InChI=1S/C9H17NO/c1-11-10-9-7-5-3-2-4-6-8-9/h5,7,9-10H,2-4,6,8H2,1H3/b7-5-. The minimum atomic E-state index is 0.431. The summed E-state index contributed by atoms with van der Waals surface area (Å²) in [7, 11) is 1.67. The molecule has 0 heterocycles. The second-order valence-electron chi connectivity index (χ2n) is 2.99. The SMILES string of the molecule is CONC1/C=C\CCCCC1. The van der Waals surface area contributed by atoms with Crippen molar-refractivity contribution in [3.05, 3.63) is 12.2 Å². The second kappa shape index (κ2) is 5.33. The van der Waals surface area contributed by atoms with Crippen molar-refractivity contribution < 1.29 is 4.84 Å². The fraction of sp³-hybridized carbons (Fsp3) is 0.778. The van der Waals surface area contributed by atoms with Crippen LogP contribution in [0, 0.1) is 0 Å². The van der Waals surface area contributed by atoms with E-state index < -0.39 is 0 Å². The molecule has 1 aliphatic rings. The predicted molar refractivity (Wildman–Crippen MR) is 46.2 cm³/mol. The van der Waals surface area contributed by atoms with Crippen molar-refractivity contribution in [3.63, 3.8) is 0 Å². The van der Waals surface area contributed by atoms with E-state index in [4.69, 9.17) is 4.84 Å². The Hall–Kier alpha value is -0.340. The van der Waals surface area contributed by atoms with Gasteiger partial charge in [-0.05, 0) is 19.3 Å². The molecule has 0 saturated heterocycles. The van der Waals surface area contributed by atoms with E-state index in [0.29, 0.717) is 6.04 Å². The maximum atomic E-state index is 4.88. The summed E-state index contributed by atoms with van der Waals surface area (Å²) in [6.45, 7) is 0. The Kier molecular flexibility index (Phi) is 4.24. The number of nitrogens with one attached hydrogen (secondary N) is 1. The van der Waals surface area contributed by atoms with Gasteiger partial charge in [0.25, 0.3) is 0 Å². The molecule has 1 aliphatic carbocycles. The van der Waals surface area contributed by atoms with Crippen molar-refractivity contribution in [2.24, 2.45) is 0 Å². The first-order valence-corrected chi connectivity index (χ1v) is 4.38. The molecule has 0 saturated carbocycles. The molecule has 0 aromatic rings. The van der Waals surface area contributed by atoms with Crippen molar-refractivity contribution in [2.75, 3.05) is 7.11 Å². The fourth-order valence-corrected chi connectivity index (χ4v) is 1.41. The lowest BCUT2D eigenvalue weighted by Crippen LogP contribution is -2.26. The summed E-state index contributed by atoms with van der Waals surface area (Å²) in [6, 6.07) is 0.431. The Labute approximate surface area is 68.6 Å². The topological polar surface area (TPSA) is 21.3 Å². The van der Waals surface area contributed by atoms with Crippen LogP contribution < -0.4 is 5.48 Å². The second-order valence-corrected chi connectivity index (χ2v) is 2.99. The molecule has 0 aromatic heterocycles. The number of hydrogen-bond acceptors (Lipinski definition) is 2. The van der Waals surface area contributed by atoms with Gasteiger partial charge in [0.2, 0.25) is 0 Å². The molecule has 1 rings (SSSR count). The number of hydroxylamine groups is 1. The molecular weight excluding hydrogens is 138 g/mol. The predicted octanol–water partition coefficient (Wildman–Crippen LogP) is 2.03. The minimum absolute atomic E-state index is 0.431. The van der Waals surface area contributed by atoms with E-state index in [0.717, 1.165) is 0 Å². The Morgan fingerprint density at radius 1 is 1.36 bits per heavy atom. The van der Waals surface area contributed by atoms with Gasteiger partial charge in [-0.25, -0.2) is 0 Å². The van der Waals surface area contributed by atoms with Gasteiger partial charge >= 0.3 is 0 Å². The van der Waals surface area contributed by atoms with Crippen LogP contribution in [-0.2, 0) is 4.84 Å². The fourth-order valence-electron chi connectivity index (χ4n) is 1.41. The summed E-state index contributed by atoms with van der Waals surface area (Å²) in [4.78, 5) is 4.88. The first kappa shape index (κ1) is 8.75. The first-order valence-electron chi connectivity index (χ1n) is 4.38. The highest BCUT2D eigenvalue weighted by molar-refractivity contribution is 4.93. The van der Waals surface area contributed by atoms with E-state index >= 15 is 0 Å². The number of allylic oxidation sites excluding steroid dienone is 1. The molecule has 2 nitrogen and oxygen atoms in total. The summed E-state index contributed by atoms with van der Waals surface area (Å²) < 4.78 is 0. The summed E-state index contributed by atoms with van der Waals surface area (Å²) in [5.41, 5.74) is 2.97. The molecule has 11 heavy (non-hydrogen) atoms. The van der Waals surface area contributed by atoms with Crippen LogP contribution >= 0.6 is 0 Å². The Morgan fingerprint density at radius 3 is 3.09 bits per heavy atom. The van der Waals surface area contributed by atoms with Crippen LogP contribution in [0.4, 0.5) is 0 Å². The van der Waals surface area contributed by atoms with Gasteiger partial charge in [-0.15, -0.1) is 0 Å². The van der Waals surface area contributed by atoms with E-state index in [9.17, 15) is 0 Å². The zero-order chi connectivity index (χ0) is 7.94. The van der Waals surface area contributed by atoms with Crippen molar-refractivity contribution in [3.8, 4) is 0 Å². The number of rotatable bonds is 2. The Balaban J connectivity index is 2.29. The molecule has 64 valence electrons. The molecule has 2 heteroatoms. The first-order chi connectivity index (χ1) is 5.43. The van der Waals surface area contributed by atoms with Crippen molar-refractivity contribution in [1.82, 2.24) is 5.48 Å². The van der Waals surface area contributed by atoms with Crippen LogP contribution in [0.25, 0.3) is 0 Å². The van der Waals surface area contributed by atoms with Gasteiger partial charge in [0.15, 0.2) is 0 Å². The lowest BCUT2D eigenvalue weighted by atomic mass is 10.0. The average Bonchev–Trinajstić information content (AvgIpc) is 1.94. The molecule has 0 aliphatic heterocycles. The Morgan fingerprint density at radius 2 is 2.27 bits per heavy atom. The summed E-state index contributed by atoms with van der Waals surface area (Å²) in [6.07, 6.45) is 10.9. The van der Waals surface area contributed by atoms with E-state index in [1.165, 1.54) is 32.1 Å². The van der Waals surface area contributed by atoms with Crippen LogP contribution in [0.2, 0.25) is 0 Å². The molecule has 1 N–H and O–H groups in total. The van der Waals surface area contributed by atoms with Gasteiger partial charge in [0, 0.05) is 0 Å². The molecule has 1 atom stereocenters. The molecule has 0 bridgehead atoms. The highest BCUT2D eigenvalue weighted by atomic mass is 16.6. The van der Waals surface area contributed by atoms with Crippen molar-refractivity contribution in [1.29, 1.82) is 0 Å². The van der Waals surface area contributed by atoms with Gasteiger partial charge in [-0.3, -0.25) is 0 Å². The summed E-state index contributed by atoms with van der Waals surface area (Å²) in [5.74, 6) is 0. The van der Waals surface area contributed by atoms with E-state index in [1.807, 2.05) is 0 Å². The lowest BCUT2D eigenvalue weighted by Gasteiger charge is -2.14. The van der Waals surface area contributed by atoms with Crippen LogP contribution in [0.15, 0.2) is 12.2 Å². The van der Waals surface area contributed by atoms with Gasteiger partial charge in [-0.2, -0.15) is 5.48 Å². The third-order valence-corrected chi connectivity index (χ3v) is 2.02. The third-order valence-electron chi connectivity index (χ3n) is 2.02. The molecular formula is C9H17NO. The third kappa shape index (κ3) is 3.54. The monoisotopic (exact) mass is 155 g/mol. The van der Waals surface area contributed by atoms with Gasteiger partial charge < -0.3 is 4.84 Å². The maximum absolute atomic E-state index is 4.88. The van der Waals surface area contributed by atoms with Gasteiger partial charge in [0.05, 0.1) is 13.2 Å². The molecule has 0 aromatic carbocycles. The van der Waals surface area contributed by atoms with E-state index in [1.54, 1.807) is 7.11 Å². The van der Waals surface area contributed by atoms with Crippen LogP contribution in [0.1, 0.15) is 32.1 Å². The smallest absolute Gasteiger partial charge is 0.0572 e. The normalized spacial score (nSPS) is 29.0. The maximum Gasteiger partial charge on any atom is 0.0572 e. The van der Waals surface area contributed by atoms with E-state index in [2.05, 4.69) is 17.6 Å². The summed E-state index contributed by atoms with van der Waals surface area (Å²) >= 11 is 0. The zero-order valence-corrected chi connectivity index (χ0v) is 7.18. The van der Waals surface area contributed by atoms with Crippen LogP contribution in [0.3, 0.4) is 0 Å². The van der Waals surface area contributed by atoms with Crippen molar-refractivity contribution in [2.45, 2.75) is 38.1 Å². The molecule has 0 amide bonds. The highest BCUT2D eigenvalue weighted by Gasteiger charge is 2.04. The molecule has 1 unspecified atom stereocenters. The van der Waals surface area contributed by atoms with Crippen LogP contribution in [0.5, 0.6) is 0 Å². The minimum Gasteiger partial charge on any atom is -0.305 e. The average molecular weight is 155 g/mol. The van der Waals surface area contributed by atoms with E-state index in [-0.39, 0.29) is 0 Å². The van der Waals surface area contributed by atoms with Crippen LogP contribution in [-0.4, -0.2) is 13.2 Å². The largest absolute Gasteiger partial charge is 0.305 e. The molecule has 0 fully saturated rings.